The fourth-order valence-electron chi connectivity index (χ4n) is 1.25. The molecule has 1 aromatic rings. The maximum atomic E-state index is 11.8. The standard InChI is InChI=1S/C11H15IN2O2/c1-16-10-8-13-7-4-9(10)11(15)14-6-3-2-5-12/h4,7-8H,2-3,5-6H2,1H3,(H,14,15). The molecule has 0 saturated carbocycles. The number of unbranched alkanes of at least 4 members (excludes halogenated alkanes) is 1. The molecule has 0 aliphatic rings. The summed E-state index contributed by atoms with van der Waals surface area (Å²) in [6.07, 6.45) is 5.25. The van der Waals surface area contributed by atoms with Gasteiger partial charge >= 0.3 is 0 Å². The Morgan fingerprint density at radius 2 is 2.38 bits per heavy atom. The Balaban J connectivity index is 2.52. The summed E-state index contributed by atoms with van der Waals surface area (Å²) in [5, 5.41) is 2.86. The number of amides is 1. The molecule has 1 rings (SSSR count). The molecule has 0 fully saturated rings. The Bertz CT molecular complexity index is 345. The van der Waals surface area contributed by atoms with E-state index in [4.69, 9.17) is 4.74 Å². The van der Waals surface area contributed by atoms with Crippen LogP contribution in [0, 0.1) is 0 Å². The zero-order valence-electron chi connectivity index (χ0n) is 9.20. The van der Waals surface area contributed by atoms with Crippen LogP contribution in [0.2, 0.25) is 0 Å². The van der Waals surface area contributed by atoms with Gasteiger partial charge in [-0.25, -0.2) is 0 Å². The smallest absolute Gasteiger partial charge is 0.255 e. The van der Waals surface area contributed by atoms with E-state index in [1.807, 2.05) is 0 Å². The van der Waals surface area contributed by atoms with Crippen molar-refractivity contribution in [3.05, 3.63) is 24.0 Å². The van der Waals surface area contributed by atoms with Gasteiger partial charge in [-0.3, -0.25) is 9.78 Å². The molecule has 0 aliphatic heterocycles. The van der Waals surface area contributed by atoms with Gasteiger partial charge in [-0.15, -0.1) is 0 Å². The normalized spacial score (nSPS) is 9.88. The number of carbonyl (C=O) groups excluding carboxylic acids is 1. The molecule has 1 heterocycles. The minimum Gasteiger partial charge on any atom is -0.494 e. The van der Waals surface area contributed by atoms with Crippen LogP contribution in [-0.4, -0.2) is 29.0 Å². The molecule has 0 atom stereocenters. The van der Waals surface area contributed by atoms with Crippen LogP contribution in [-0.2, 0) is 0 Å². The monoisotopic (exact) mass is 334 g/mol. The highest BCUT2D eigenvalue weighted by Crippen LogP contribution is 2.15. The lowest BCUT2D eigenvalue weighted by Gasteiger charge is -2.08. The summed E-state index contributed by atoms with van der Waals surface area (Å²) >= 11 is 2.33. The number of aromatic nitrogens is 1. The second-order valence-electron chi connectivity index (χ2n) is 3.23. The van der Waals surface area contributed by atoms with Gasteiger partial charge in [0.15, 0.2) is 0 Å². The highest BCUT2D eigenvalue weighted by atomic mass is 127. The van der Waals surface area contributed by atoms with E-state index in [0.29, 0.717) is 17.9 Å². The van der Waals surface area contributed by atoms with Crippen molar-refractivity contribution in [3.8, 4) is 5.75 Å². The van der Waals surface area contributed by atoms with Crippen molar-refractivity contribution >= 4 is 28.5 Å². The number of hydrogen-bond donors (Lipinski definition) is 1. The maximum Gasteiger partial charge on any atom is 0.255 e. The summed E-state index contributed by atoms with van der Waals surface area (Å²) in [7, 11) is 1.53. The second kappa shape index (κ2) is 7.43. The van der Waals surface area contributed by atoms with Crippen molar-refractivity contribution in [2.75, 3.05) is 18.1 Å². The molecule has 1 N–H and O–H groups in total. The Labute approximate surface area is 109 Å². The number of nitrogens with one attached hydrogen (secondary N) is 1. The Morgan fingerprint density at radius 3 is 3.06 bits per heavy atom. The molecule has 0 unspecified atom stereocenters. The number of halogens is 1. The van der Waals surface area contributed by atoms with Gasteiger partial charge in [0.25, 0.3) is 5.91 Å². The largest absolute Gasteiger partial charge is 0.494 e. The first-order valence-electron chi connectivity index (χ1n) is 5.11. The molecule has 0 spiro atoms. The number of carbonyl (C=O) groups is 1. The molecular formula is C11H15IN2O2. The number of rotatable bonds is 6. The minimum atomic E-state index is -0.104. The predicted molar refractivity (Wildman–Crippen MR) is 71.2 cm³/mol. The molecule has 5 heteroatoms. The van der Waals surface area contributed by atoms with Gasteiger partial charge in [0.05, 0.1) is 18.9 Å². The number of hydrogen-bond acceptors (Lipinski definition) is 3. The minimum absolute atomic E-state index is 0.104. The summed E-state index contributed by atoms with van der Waals surface area (Å²) < 4.78 is 6.19. The van der Waals surface area contributed by atoms with Crippen LogP contribution in [0.4, 0.5) is 0 Å². The highest BCUT2D eigenvalue weighted by Gasteiger charge is 2.10. The summed E-state index contributed by atoms with van der Waals surface area (Å²) in [5.74, 6) is 0.404. The summed E-state index contributed by atoms with van der Waals surface area (Å²) in [5.41, 5.74) is 0.534. The first-order chi connectivity index (χ1) is 7.79. The quantitative estimate of drug-likeness (QED) is 0.492. The lowest BCUT2D eigenvalue weighted by atomic mass is 10.2. The van der Waals surface area contributed by atoms with Gasteiger partial charge in [0.2, 0.25) is 0 Å². The molecule has 16 heavy (non-hydrogen) atoms. The average Bonchev–Trinajstić information content (AvgIpc) is 2.34. The topological polar surface area (TPSA) is 51.2 Å². The van der Waals surface area contributed by atoms with Crippen molar-refractivity contribution in [1.29, 1.82) is 0 Å². The molecule has 0 aliphatic carbocycles. The fraction of sp³-hybridized carbons (Fsp3) is 0.455. The van der Waals surface area contributed by atoms with E-state index in [2.05, 4.69) is 32.9 Å². The van der Waals surface area contributed by atoms with E-state index < -0.39 is 0 Å². The second-order valence-corrected chi connectivity index (χ2v) is 4.31. The molecular weight excluding hydrogens is 319 g/mol. The van der Waals surface area contributed by atoms with Gasteiger partial charge in [-0.2, -0.15) is 0 Å². The number of nitrogens with zero attached hydrogens (tertiary/aromatic N) is 1. The van der Waals surface area contributed by atoms with Crippen LogP contribution in [0.15, 0.2) is 18.5 Å². The van der Waals surface area contributed by atoms with E-state index in [1.54, 1.807) is 18.5 Å². The van der Waals surface area contributed by atoms with Gasteiger partial charge < -0.3 is 10.1 Å². The third-order valence-corrected chi connectivity index (χ3v) is 2.86. The van der Waals surface area contributed by atoms with Crippen LogP contribution in [0.5, 0.6) is 5.75 Å². The Morgan fingerprint density at radius 1 is 1.56 bits per heavy atom. The summed E-state index contributed by atoms with van der Waals surface area (Å²) in [6, 6.07) is 1.66. The van der Waals surface area contributed by atoms with Crippen molar-refractivity contribution in [2.24, 2.45) is 0 Å². The van der Waals surface area contributed by atoms with Crippen LogP contribution in [0.3, 0.4) is 0 Å². The van der Waals surface area contributed by atoms with Crippen molar-refractivity contribution in [2.45, 2.75) is 12.8 Å². The third kappa shape index (κ3) is 3.96. The first kappa shape index (κ1) is 13.2. The Hall–Kier alpha value is -0.850. The zero-order chi connectivity index (χ0) is 11.8. The van der Waals surface area contributed by atoms with Crippen LogP contribution < -0.4 is 10.1 Å². The number of alkyl halides is 1. The molecule has 0 radical (unpaired) electrons. The molecule has 88 valence electrons. The van der Waals surface area contributed by atoms with E-state index in [9.17, 15) is 4.79 Å². The van der Waals surface area contributed by atoms with Crippen molar-refractivity contribution < 1.29 is 9.53 Å². The van der Waals surface area contributed by atoms with Crippen molar-refractivity contribution in [3.63, 3.8) is 0 Å². The molecule has 4 nitrogen and oxygen atoms in total. The SMILES string of the molecule is COc1cnccc1C(=O)NCCCCI. The van der Waals surface area contributed by atoms with Gasteiger partial charge in [-0.1, -0.05) is 22.6 Å². The fourth-order valence-corrected chi connectivity index (χ4v) is 1.79. The maximum absolute atomic E-state index is 11.8. The van der Waals surface area contributed by atoms with Crippen LogP contribution >= 0.6 is 22.6 Å². The summed E-state index contributed by atoms with van der Waals surface area (Å²) in [6.45, 7) is 0.702. The number of methoxy groups -OCH3 is 1. The van der Waals surface area contributed by atoms with Crippen LogP contribution in [0.25, 0.3) is 0 Å². The number of ether oxygens (including phenoxy) is 1. The molecule has 0 saturated heterocycles. The lowest BCUT2D eigenvalue weighted by Crippen LogP contribution is -2.25. The van der Waals surface area contributed by atoms with E-state index in [1.165, 1.54) is 7.11 Å². The van der Waals surface area contributed by atoms with Crippen molar-refractivity contribution in [1.82, 2.24) is 10.3 Å². The van der Waals surface area contributed by atoms with Gasteiger partial charge in [0, 0.05) is 12.7 Å². The molecule has 1 aromatic heterocycles. The molecule has 0 bridgehead atoms. The predicted octanol–water partition coefficient (Wildman–Crippen LogP) is 2.04. The Kier molecular flexibility index (Phi) is 6.14. The van der Waals surface area contributed by atoms with Gasteiger partial charge in [0.1, 0.15) is 5.75 Å². The summed E-state index contributed by atoms with van der Waals surface area (Å²) in [4.78, 5) is 15.7. The number of pyridine rings is 1. The lowest BCUT2D eigenvalue weighted by molar-refractivity contribution is 0.0950. The van der Waals surface area contributed by atoms with Crippen LogP contribution in [0.1, 0.15) is 23.2 Å². The highest BCUT2D eigenvalue weighted by molar-refractivity contribution is 14.1. The molecule has 1 amide bonds. The first-order valence-corrected chi connectivity index (χ1v) is 6.64. The van der Waals surface area contributed by atoms with E-state index in [-0.39, 0.29) is 5.91 Å². The van der Waals surface area contributed by atoms with E-state index >= 15 is 0 Å². The van der Waals surface area contributed by atoms with Gasteiger partial charge in [-0.05, 0) is 23.3 Å². The molecule has 0 aromatic carbocycles. The average molecular weight is 334 g/mol. The van der Waals surface area contributed by atoms with E-state index in [0.717, 1.165) is 17.3 Å². The third-order valence-electron chi connectivity index (χ3n) is 2.10. The zero-order valence-corrected chi connectivity index (χ0v) is 11.4.